The van der Waals surface area contributed by atoms with Crippen LogP contribution >= 0.6 is 0 Å². The lowest BCUT2D eigenvalue weighted by atomic mass is 10.3. The Morgan fingerprint density at radius 1 is 1.57 bits per heavy atom. The molecular formula is C11H19NO2. The molecule has 0 saturated carbocycles. The fourth-order valence-electron chi connectivity index (χ4n) is 1.09. The normalized spacial score (nSPS) is 13.0. The molecule has 1 aromatic heterocycles. The number of furan rings is 1. The van der Waals surface area contributed by atoms with E-state index in [0.717, 1.165) is 25.3 Å². The minimum absolute atomic E-state index is 0.565. The van der Waals surface area contributed by atoms with Crippen molar-refractivity contribution in [3.8, 4) is 0 Å². The van der Waals surface area contributed by atoms with Crippen molar-refractivity contribution in [3.05, 3.63) is 24.2 Å². The van der Waals surface area contributed by atoms with E-state index in [-0.39, 0.29) is 0 Å². The molecule has 1 rings (SSSR count). The van der Waals surface area contributed by atoms with E-state index >= 15 is 0 Å². The second-order valence-corrected chi connectivity index (χ2v) is 3.40. The Balaban J connectivity index is 1.95. The zero-order valence-corrected chi connectivity index (χ0v) is 8.95. The van der Waals surface area contributed by atoms with Gasteiger partial charge in [0.05, 0.1) is 12.9 Å². The molecular weight excluding hydrogens is 178 g/mol. The molecule has 0 fully saturated rings. The second kappa shape index (κ2) is 6.62. The molecule has 0 bridgehead atoms. The van der Waals surface area contributed by atoms with Crippen LogP contribution in [0.5, 0.6) is 0 Å². The van der Waals surface area contributed by atoms with Crippen LogP contribution in [0, 0.1) is 0 Å². The second-order valence-electron chi connectivity index (χ2n) is 3.40. The maximum Gasteiger partial charge on any atom is 0.129 e. The van der Waals surface area contributed by atoms with Crippen molar-refractivity contribution in [1.29, 1.82) is 0 Å². The molecule has 3 heteroatoms. The number of hydrogen-bond acceptors (Lipinski definition) is 3. The van der Waals surface area contributed by atoms with E-state index in [9.17, 15) is 0 Å². The third kappa shape index (κ3) is 4.44. The minimum Gasteiger partial charge on any atom is -0.467 e. The van der Waals surface area contributed by atoms with Gasteiger partial charge in [0.15, 0.2) is 0 Å². The highest BCUT2D eigenvalue weighted by atomic mass is 16.5. The predicted molar refractivity (Wildman–Crippen MR) is 56.1 cm³/mol. The highest BCUT2D eigenvalue weighted by molar-refractivity contribution is 4.95. The third-order valence-corrected chi connectivity index (χ3v) is 2.18. The zero-order chi connectivity index (χ0) is 10.2. The van der Waals surface area contributed by atoms with E-state index in [1.807, 2.05) is 12.1 Å². The standard InChI is InChI=1S/C11H19NO2/c1-3-10(2)12-6-8-13-9-11-5-4-7-14-11/h4-5,7,10,12H,3,6,8-9H2,1-2H3. The average Bonchev–Trinajstić information content (AvgIpc) is 2.69. The van der Waals surface area contributed by atoms with E-state index in [1.54, 1.807) is 6.26 Å². The van der Waals surface area contributed by atoms with Gasteiger partial charge in [0.2, 0.25) is 0 Å². The summed E-state index contributed by atoms with van der Waals surface area (Å²) in [5.41, 5.74) is 0. The van der Waals surface area contributed by atoms with Crippen LogP contribution in [0.1, 0.15) is 26.0 Å². The first-order valence-corrected chi connectivity index (χ1v) is 5.16. The van der Waals surface area contributed by atoms with Gasteiger partial charge in [0, 0.05) is 12.6 Å². The maximum absolute atomic E-state index is 5.42. The van der Waals surface area contributed by atoms with Crippen LogP contribution in [-0.2, 0) is 11.3 Å². The third-order valence-electron chi connectivity index (χ3n) is 2.18. The summed E-state index contributed by atoms with van der Waals surface area (Å²) in [5.74, 6) is 0.883. The van der Waals surface area contributed by atoms with Crippen LogP contribution in [0.4, 0.5) is 0 Å². The van der Waals surface area contributed by atoms with Crippen molar-refractivity contribution in [2.75, 3.05) is 13.2 Å². The number of nitrogens with one attached hydrogen (secondary N) is 1. The average molecular weight is 197 g/mol. The summed E-state index contributed by atoms with van der Waals surface area (Å²) in [7, 11) is 0. The predicted octanol–water partition coefficient (Wildman–Crippen LogP) is 2.18. The summed E-state index contributed by atoms with van der Waals surface area (Å²) in [4.78, 5) is 0. The molecule has 14 heavy (non-hydrogen) atoms. The first-order chi connectivity index (χ1) is 6.83. The zero-order valence-electron chi connectivity index (χ0n) is 8.95. The van der Waals surface area contributed by atoms with Crippen LogP contribution in [-0.4, -0.2) is 19.2 Å². The van der Waals surface area contributed by atoms with E-state index in [0.29, 0.717) is 12.6 Å². The van der Waals surface area contributed by atoms with Crippen LogP contribution in [0.25, 0.3) is 0 Å². The van der Waals surface area contributed by atoms with Crippen LogP contribution < -0.4 is 5.32 Å². The molecule has 0 aliphatic heterocycles. The van der Waals surface area contributed by atoms with Gasteiger partial charge < -0.3 is 14.5 Å². The van der Waals surface area contributed by atoms with Gasteiger partial charge in [-0.25, -0.2) is 0 Å². The minimum atomic E-state index is 0.565. The van der Waals surface area contributed by atoms with Crippen molar-refractivity contribution in [3.63, 3.8) is 0 Å². The van der Waals surface area contributed by atoms with Crippen LogP contribution in [0.3, 0.4) is 0 Å². The lowest BCUT2D eigenvalue weighted by Crippen LogP contribution is -2.28. The molecule has 0 amide bonds. The topological polar surface area (TPSA) is 34.4 Å². The summed E-state index contributed by atoms with van der Waals surface area (Å²) in [6.45, 7) is 6.53. The fraction of sp³-hybridized carbons (Fsp3) is 0.636. The van der Waals surface area contributed by atoms with Crippen LogP contribution in [0.15, 0.2) is 22.8 Å². The van der Waals surface area contributed by atoms with Crippen molar-refractivity contribution < 1.29 is 9.15 Å². The van der Waals surface area contributed by atoms with Crippen molar-refractivity contribution in [2.45, 2.75) is 32.9 Å². The number of ether oxygens (including phenoxy) is 1. The molecule has 0 radical (unpaired) electrons. The summed E-state index contributed by atoms with van der Waals surface area (Å²) in [5, 5.41) is 3.36. The number of rotatable bonds is 7. The number of hydrogen-bond donors (Lipinski definition) is 1. The van der Waals surface area contributed by atoms with Gasteiger partial charge in [-0.05, 0) is 25.5 Å². The summed E-state index contributed by atoms with van der Waals surface area (Å²) in [6.07, 6.45) is 2.81. The van der Waals surface area contributed by atoms with Gasteiger partial charge in [-0.2, -0.15) is 0 Å². The molecule has 0 aromatic carbocycles. The van der Waals surface area contributed by atoms with Crippen molar-refractivity contribution in [2.24, 2.45) is 0 Å². The lowest BCUT2D eigenvalue weighted by molar-refractivity contribution is 0.106. The van der Waals surface area contributed by atoms with E-state index in [4.69, 9.17) is 9.15 Å². The molecule has 1 N–H and O–H groups in total. The summed E-state index contributed by atoms with van der Waals surface area (Å²) in [6, 6.07) is 4.36. The monoisotopic (exact) mass is 197 g/mol. The van der Waals surface area contributed by atoms with E-state index in [1.165, 1.54) is 0 Å². The first-order valence-electron chi connectivity index (χ1n) is 5.16. The summed E-state index contributed by atoms with van der Waals surface area (Å²) < 4.78 is 10.6. The molecule has 0 aliphatic rings. The Labute approximate surface area is 85.4 Å². The highest BCUT2D eigenvalue weighted by Crippen LogP contribution is 2.00. The molecule has 1 unspecified atom stereocenters. The Morgan fingerprint density at radius 2 is 2.43 bits per heavy atom. The SMILES string of the molecule is CCC(C)NCCOCc1ccco1. The van der Waals surface area contributed by atoms with Gasteiger partial charge in [-0.3, -0.25) is 0 Å². The Morgan fingerprint density at radius 3 is 3.07 bits per heavy atom. The van der Waals surface area contributed by atoms with Gasteiger partial charge in [0.1, 0.15) is 12.4 Å². The Bertz CT molecular complexity index is 221. The van der Waals surface area contributed by atoms with Crippen LogP contribution in [0.2, 0.25) is 0 Å². The fourth-order valence-corrected chi connectivity index (χ4v) is 1.09. The van der Waals surface area contributed by atoms with Crippen molar-refractivity contribution >= 4 is 0 Å². The van der Waals surface area contributed by atoms with Crippen molar-refractivity contribution in [1.82, 2.24) is 5.32 Å². The largest absolute Gasteiger partial charge is 0.467 e. The van der Waals surface area contributed by atoms with Gasteiger partial charge in [-0.1, -0.05) is 6.92 Å². The van der Waals surface area contributed by atoms with E-state index in [2.05, 4.69) is 19.2 Å². The molecule has 1 heterocycles. The smallest absolute Gasteiger partial charge is 0.129 e. The van der Waals surface area contributed by atoms with E-state index < -0.39 is 0 Å². The Kier molecular flexibility index (Phi) is 5.33. The van der Waals surface area contributed by atoms with Gasteiger partial charge >= 0.3 is 0 Å². The maximum atomic E-state index is 5.42. The lowest BCUT2D eigenvalue weighted by Gasteiger charge is -2.10. The molecule has 0 spiro atoms. The molecule has 0 aliphatic carbocycles. The van der Waals surface area contributed by atoms with Gasteiger partial charge in [-0.15, -0.1) is 0 Å². The molecule has 1 aromatic rings. The molecule has 80 valence electrons. The van der Waals surface area contributed by atoms with Gasteiger partial charge in [0.25, 0.3) is 0 Å². The first kappa shape index (κ1) is 11.3. The molecule has 0 saturated heterocycles. The summed E-state index contributed by atoms with van der Waals surface area (Å²) >= 11 is 0. The quantitative estimate of drug-likeness (QED) is 0.680. The molecule has 1 atom stereocenters. The Hall–Kier alpha value is -0.800. The highest BCUT2D eigenvalue weighted by Gasteiger charge is 1.97. The molecule has 3 nitrogen and oxygen atoms in total.